The molecule has 198 valence electrons. The molecule has 0 fully saturated rings. The molecule has 0 aliphatic heterocycles. The Morgan fingerprint density at radius 3 is 2.21 bits per heavy atom. The number of hydrogen-bond acceptors (Lipinski definition) is 6. The minimum Gasteiger partial charge on any atom is -0.489 e. The smallest absolute Gasteiger partial charge is 0.140 e. The van der Waals surface area contributed by atoms with E-state index >= 15 is 0 Å². The molecule has 2 aromatic heterocycles. The summed E-state index contributed by atoms with van der Waals surface area (Å²) in [6, 6.07) is 24.7. The van der Waals surface area contributed by atoms with Crippen LogP contribution in [0.15, 0.2) is 77.3 Å². The summed E-state index contributed by atoms with van der Waals surface area (Å²) < 4.78 is 13.4. The predicted octanol–water partition coefficient (Wildman–Crippen LogP) is 5.22. The van der Waals surface area contributed by atoms with E-state index in [1.165, 1.54) is 10.8 Å². The number of hydrogen-bond donors (Lipinski definition) is 2. The van der Waals surface area contributed by atoms with E-state index in [1.54, 1.807) is 0 Å². The van der Waals surface area contributed by atoms with Crippen molar-refractivity contribution in [2.45, 2.75) is 46.1 Å². The number of aliphatic hydroxyl groups excluding tert-OH is 2. The first-order valence-corrected chi connectivity index (χ1v) is 13.1. The van der Waals surface area contributed by atoms with Crippen LogP contribution >= 0.6 is 0 Å². The van der Waals surface area contributed by atoms with E-state index in [2.05, 4.69) is 51.0 Å². The van der Waals surface area contributed by atoms with Crippen molar-refractivity contribution in [3.05, 3.63) is 95.4 Å². The number of fused-ring (bicyclic) bond motifs is 3. The summed E-state index contributed by atoms with van der Waals surface area (Å²) in [6.45, 7) is 6.71. The molecule has 0 radical (unpaired) electrons. The van der Waals surface area contributed by atoms with Crippen LogP contribution in [0.1, 0.15) is 29.0 Å². The van der Waals surface area contributed by atoms with E-state index in [9.17, 15) is 10.2 Å². The standard InChI is InChI=1S/C31H35N3O4/c1-22-29(23(2)38-32-22)21-37-26-14-12-24(13-15-26)18-33(16-7-17-35)19-25(36)20-34-30-10-5-3-8-27(30)28-9-4-6-11-31(28)34/h3-6,8-15,25,35-36H,7,16-21H2,1-2H3/t25-/m1/s1. The molecule has 0 aliphatic carbocycles. The van der Waals surface area contributed by atoms with Crippen molar-refractivity contribution >= 4 is 21.8 Å². The highest BCUT2D eigenvalue weighted by Crippen LogP contribution is 2.29. The second kappa shape index (κ2) is 11.8. The van der Waals surface area contributed by atoms with Gasteiger partial charge in [-0.15, -0.1) is 0 Å². The lowest BCUT2D eigenvalue weighted by atomic mass is 10.1. The van der Waals surface area contributed by atoms with Gasteiger partial charge in [0.05, 0.1) is 23.9 Å². The molecule has 38 heavy (non-hydrogen) atoms. The maximum atomic E-state index is 11.2. The topological polar surface area (TPSA) is 83.9 Å². The number of para-hydroxylation sites is 2. The maximum absolute atomic E-state index is 11.2. The fraction of sp³-hybridized carbons (Fsp3) is 0.323. The summed E-state index contributed by atoms with van der Waals surface area (Å²) in [4.78, 5) is 2.20. The molecular formula is C31H35N3O4. The van der Waals surface area contributed by atoms with Crippen LogP contribution in [0.5, 0.6) is 5.75 Å². The van der Waals surface area contributed by atoms with Gasteiger partial charge in [-0.1, -0.05) is 53.7 Å². The zero-order valence-electron chi connectivity index (χ0n) is 22.0. The van der Waals surface area contributed by atoms with Crippen LogP contribution in [0.3, 0.4) is 0 Å². The van der Waals surface area contributed by atoms with E-state index < -0.39 is 6.10 Å². The lowest BCUT2D eigenvalue weighted by molar-refractivity contribution is 0.0921. The Hall–Kier alpha value is -3.65. The number of aryl methyl sites for hydroxylation is 2. The second-order valence-corrected chi connectivity index (χ2v) is 9.85. The van der Waals surface area contributed by atoms with Gasteiger partial charge < -0.3 is 24.0 Å². The predicted molar refractivity (Wildman–Crippen MR) is 149 cm³/mol. The molecular weight excluding hydrogens is 478 g/mol. The van der Waals surface area contributed by atoms with Crippen molar-refractivity contribution in [2.24, 2.45) is 0 Å². The van der Waals surface area contributed by atoms with Crippen LogP contribution in [0.2, 0.25) is 0 Å². The molecule has 0 saturated heterocycles. The van der Waals surface area contributed by atoms with Crippen LogP contribution < -0.4 is 4.74 Å². The van der Waals surface area contributed by atoms with Gasteiger partial charge in [0.15, 0.2) is 0 Å². The molecule has 2 N–H and O–H groups in total. The molecule has 0 aliphatic rings. The van der Waals surface area contributed by atoms with Crippen LogP contribution in [0.25, 0.3) is 21.8 Å². The molecule has 0 amide bonds. The molecule has 7 heteroatoms. The molecule has 0 unspecified atom stereocenters. The number of aromatic nitrogens is 2. The van der Waals surface area contributed by atoms with E-state index in [0.29, 0.717) is 39.2 Å². The molecule has 7 nitrogen and oxygen atoms in total. The summed E-state index contributed by atoms with van der Waals surface area (Å²) in [7, 11) is 0. The molecule has 2 heterocycles. The Morgan fingerprint density at radius 1 is 0.947 bits per heavy atom. The summed E-state index contributed by atoms with van der Waals surface area (Å²) in [6.07, 6.45) is 0.0892. The largest absolute Gasteiger partial charge is 0.489 e. The van der Waals surface area contributed by atoms with Crippen molar-refractivity contribution in [1.29, 1.82) is 0 Å². The van der Waals surface area contributed by atoms with Gasteiger partial charge in [-0.3, -0.25) is 4.90 Å². The van der Waals surface area contributed by atoms with Crippen molar-refractivity contribution in [1.82, 2.24) is 14.6 Å². The van der Waals surface area contributed by atoms with Gasteiger partial charge >= 0.3 is 0 Å². The number of nitrogens with zero attached hydrogens (tertiary/aromatic N) is 3. The van der Waals surface area contributed by atoms with Gasteiger partial charge in [-0.25, -0.2) is 0 Å². The Kier molecular flexibility index (Phi) is 8.08. The second-order valence-electron chi connectivity index (χ2n) is 9.85. The van der Waals surface area contributed by atoms with E-state index in [1.807, 2.05) is 50.2 Å². The first-order valence-electron chi connectivity index (χ1n) is 13.1. The Bertz CT molecular complexity index is 1420. The molecule has 5 aromatic rings. The number of ether oxygens (including phenoxy) is 1. The Balaban J connectivity index is 1.25. The Morgan fingerprint density at radius 2 is 1.61 bits per heavy atom. The Labute approximate surface area is 222 Å². The molecule has 0 saturated carbocycles. The zero-order chi connectivity index (χ0) is 26.5. The zero-order valence-corrected chi connectivity index (χ0v) is 22.0. The quantitative estimate of drug-likeness (QED) is 0.238. The number of benzene rings is 3. The lowest BCUT2D eigenvalue weighted by Crippen LogP contribution is -2.35. The third-order valence-electron chi connectivity index (χ3n) is 7.07. The van der Waals surface area contributed by atoms with Crippen molar-refractivity contribution < 1.29 is 19.5 Å². The summed E-state index contributed by atoms with van der Waals surface area (Å²) >= 11 is 0. The molecule has 5 rings (SSSR count). The van der Waals surface area contributed by atoms with Crippen molar-refractivity contribution in [3.8, 4) is 5.75 Å². The van der Waals surface area contributed by atoms with Crippen molar-refractivity contribution in [3.63, 3.8) is 0 Å². The van der Waals surface area contributed by atoms with Crippen LogP contribution in [0, 0.1) is 13.8 Å². The highest BCUT2D eigenvalue weighted by molar-refractivity contribution is 6.07. The minimum atomic E-state index is -0.564. The molecule has 0 bridgehead atoms. The fourth-order valence-electron chi connectivity index (χ4n) is 5.11. The summed E-state index contributed by atoms with van der Waals surface area (Å²) in [5.74, 6) is 1.56. The lowest BCUT2D eigenvalue weighted by Gasteiger charge is -2.26. The van der Waals surface area contributed by atoms with Gasteiger partial charge in [0.2, 0.25) is 0 Å². The first kappa shape index (κ1) is 26.0. The van der Waals surface area contributed by atoms with Gasteiger partial charge in [-0.2, -0.15) is 0 Å². The molecule has 1 atom stereocenters. The van der Waals surface area contributed by atoms with Crippen LogP contribution in [-0.2, 0) is 19.7 Å². The average molecular weight is 514 g/mol. The fourth-order valence-corrected chi connectivity index (χ4v) is 5.11. The van der Waals surface area contributed by atoms with Gasteiger partial charge in [0.1, 0.15) is 18.1 Å². The number of rotatable bonds is 12. The third kappa shape index (κ3) is 5.75. The van der Waals surface area contributed by atoms with E-state index in [-0.39, 0.29) is 6.61 Å². The normalized spacial score (nSPS) is 12.6. The van der Waals surface area contributed by atoms with Crippen LogP contribution in [-0.4, -0.2) is 50.6 Å². The third-order valence-corrected chi connectivity index (χ3v) is 7.07. The van der Waals surface area contributed by atoms with Crippen molar-refractivity contribution in [2.75, 3.05) is 19.7 Å². The highest BCUT2D eigenvalue weighted by atomic mass is 16.5. The van der Waals surface area contributed by atoms with E-state index in [4.69, 9.17) is 9.26 Å². The minimum absolute atomic E-state index is 0.119. The molecule has 3 aromatic carbocycles. The maximum Gasteiger partial charge on any atom is 0.140 e. The van der Waals surface area contributed by atoms with Gasteiger partial charge in [0, 0.05) is 48.0 Å². The van der Waals surface area contributed by atoms with Crippen LogP contribution in [0.4, 0.5) is 0 Å². The average Bonchev–Trinajstić information content (AvgIpc) is 3.43. The highest BCUT2D eigenvalue weighted by Gasteiger charge is 2.17. The SMILES string of the molecule is Cc1noc(C)c1COc1ccc(CN(CCCO)C[C@@H](O)Cn2c3ccccc3c3ccccc32)cc1. The van der Waals surface area contributed by atoms with Gasteiger partial charge in [0.25, 0.3) is 0 Å². The van der Waals surface area contributed by atoms with Gasteiger partial charge in [-0.05, 0) is 50.1 Å². The van der Waals surface area contributed by atoms with E-state index in [0.717, 1.165) is 39.4 Å². The monoisotopic (exact) mass is 513 g/mol. The number of aliphatic hydroxyl groups is 2. The first-order chi connectivity index (χ1) is 18.5. The molecule has 0 spiro atoms. The summed E-state index contributed by atoms with van der Waals surface area (Å²) in [5.41, 5.74) is 5.19. The summed E-state index contributed by atoms with van der Waals surface area (Å²) in [5, 5.41) is 27.0.